The van der Waals surface area contributed by atoms with Crippen molar-refractivity contribution in [1.29, 1.82) is 0 Å². The SMILES string of the molecule is C=C(C)C(=O)OC1C[Se]C=CS1. The molecule has 0 saturated carbocycles. The number of hydrogen-bond donors (Lipinski definition) is 0. The Hall–Kier alpha value is -0.181. The van der Waals surface area contributed by atoms with Gasteiger partial charge in [0.25, 0.3) is 0 Å². The second kappa shape index (κ2) is 4.75. The first-order valence-electron chi connectivity index (χ1n) is 3.48. The number of hydrogen-bond acceptors (Lipinski definition) is 3. The van der Waals surface area contributed by atoms with Crippen LogP contribution in [-0.2, 0) is 9.53 Å². The summed E-state index contributed by atoms with van der Waals surface area (Å²) in [6.45, 7) is 5.19. The molecule has 0 saturated heterocycles. The van der Waals surface area contributed by atoms with Crippen molar-refractivity contribution in [1.82, 2.24) is 0 Å². The van der Waals surface area contributed by atoms with Crippen molar-refractivity contribution in [2.24, 2.45) is 0 Å². The van der Waals surface area contributed by atoms with Gasteiger partial charge in [0.1, 0.15) is 0 Å². The van der Waals surface area contributed by atoms with Crippen LogP contribution in [0.2, 0.25) is 5.32 Å². The minimum atomic E-state index is -0.279. The molecule has 0 N–H and O–H groups in total. The Bertz CT molecular complexity index is 225. The molecule has 2 nitrogen and oxygen atoms in total. The van der Waals surface area contributed by atoms with Crippen LogP contribution in [0.3, 0.4) is 0 Å². The maximum atomic E-state index is 11.1. The first kappa shape index (κ1) is 9.90. The van der Waals surface area contributed by atoms with Crippen LogP contribution in [-0.4, -0.2) is 26.4 Å². The fraction of sp³-hybridized carbons (Fsp3) is 0.375. The number of rotatable bonds is 2. The van der Waals surface area contributed by atoms with Gasteiger partial charge in [-0.2, -0.15) is 0 Å². The molecule has 1 atom stereocenters. The van der Waals surface area contributed by atoms with Crippen LogP contribution in [0.15, 0.2) is 22.5 Å². The van der Waals surface area contributed by atoms with Crippen LogP contribution < -0.4 is 0 Å². The van der Waals surface area contributed by atoms with Crippen LogP contribution in [0.5, 0.6) is 0 Å². The first-order chi connectivity index (χ1) is 5.70. The van der Waals surface area contributed by atoms with E-state index in [1.165, 1.54) is 0 Å². The van der Waals surface area contributed by atoms with Gasteiger partial charge in [-0.05, 0) is 0 Å². The van der Waals surface area contributed by atoms with Crippen molar-refractivity contribution >= 4 is 32.7 Å². The zero-order chi connectivity index (χ0) is 8.97. The normalized spacial score (nSPS) is 21.9. The Morgan fingerprint density at radius 1 is 1.83 bits per heavy atom. The third-order valence-electron chi connectivity index (χ3n) is 1.20. The summed E-state index contributed by atoms with van der Waals surface area (Å²) in [6.07, 6.45) is 0. The summed E-state index contributed by atoms with van der Waals surface area (Å²) in [6, 6.07) is 0. The quantitative estimate of drug-likeness (QED) is 0.424. The molecule has 1 rings (SSSR count). The third-order valence-corrected chi connectivity index (χ3v) is 4.65. The Labute approximate surface area is 82.6 Å². The van der Waals surface area contributed by atoms with Gasteiger partial charge in [0.2, 0.25) is 0 Å². The van der Waals surface area contributed by atoms with E-state index in [0.29, 0.717) is 20.5 Å². The van der Waals surface area contributed by atoms with Crippen molar-refractivity contribution < 1.29 is 9.53 Å². The number of esters is 1. The molecule has 1 heterocycles. The van der Waals surface area contributed by atoms with Crippen molar-refractivity contribution in [2.45, 2.75) is 17.7 Å². The molecule has 0 fully saturated rings. The molecule has 0 aromatic carbocycles. The van der Waals surface area contributed by atoms with Gasteiger partial charge < -0.3 is 0 Å². The van der Waals surface area contributed by atoms with Crippen molar-refractivity contribution in [3.8, 4) is 0 Å². The molecule has 12 heavy (non-hydrogen) atoms. The maximum absolute atomic E-state index is 11.1. The summed E-state index contributed by atoms with van der Waals surface area (Å²) in [5.74, 6) is -0.279. The number of thioether (sulfide) groups is 1. The fourth-order valence-electron chi connectivity index (χ4n) is 0.614. The summed E-state index contributed by atoms with van der Waals surface area (Å²) in [4.78, 5) is 13.2. The minimum absolute atomic E-state index is 0.0131. The Kier molecular flexibility index (Phi) is 3.92. The predicted molar refractivity (Wildman–Crippen MR) is 52.0 cm³/mol. The number of carbonyl (C=O) groups is 1. The molecule has 0 aromatic rings. The number of ether oxygens (including phenoxy) is 1. The molecule has 0 spiro atoms. The van der Waals surface area contributed by atoms with E-state index in [4.69, 9.17) is 4.74 Å². The summed E-state index contributed by atoms with van der Waals surface area (Å²) >= 11 is 2.05. The van der Waals surface area contributed by atoms with Gasteiger partial charge >= 0.3 is 82.4 Å². The second-order valence-corrected chi connectivity index (χ2v) is 5.40. The number of carbonyl (C=O) groups excluding carboxylic acids is 1. The molecule has 1 aliphatic rings. The molecular weight excluding hydrogens is 239 g/mol. The van der Waals surface area contributed by atoms with E-state index >= 15 is 0 Å². The molecule has 0 aromatic heterocycles. The summed E-state index contributed by atoms with van der Waals surface area (Å²) in [5, 5.41) is 2.97. The Morgan fingerprint density at radius 3 is 3.08 bits per heavy atom. The molecular formula is C8H10O2SSe. The van der Waals surface area contributed by atoms with Gasteiger partial charge in [-0.1, -0.05) is 0 Å². The van der Waals surface area contributed by atoms with E-state index in [1.54, 1.807) is 18.7 Å². The van der Waals surface area contributed by atoms with Crippen LogP contribution >= 0.6 is 11.8 Å². The molecule has 4 heteroatoms. The summed E-state index contributed by atoms with van der Waals surface area (Å²) in [7, 11) is 0. The standard InChI is InChI=1S/C8H10O2SSe/c1-6(2)8(9)10-7-5-12-4-3-11-7/h3-4,7H,1,5H2,2H3. The van der Waals surface area contributed by atoms with Crippen LogP contribution in [0, 0.1) is 0 Å². The topological polar surface area (TPSA) is 26.3 Å². The predicted octanol–water partition coefficient (Wildman–Crippen LogP) is 1.77. The Balaban J connectivity index is 2.35. The van der Waals surface area contributed by atoms with Crippen LogP contribution in [0.4, 0.5) is 0 Å². The van der Waals surface area contributed by atoms with E-state index < -0.39 is 0 Å². The van der Waals surface area contributed by atoms with Crippen LogP contribution in [0.25, 0.3) is 0 Å². The van der Waals surface area contributed by atoms with Gasteiger partial charge in [0.15, 0.2) is 0 Å². The monoisotopic (exact) mass is 250 g/mol. The molecule has 1 unspecified atom stereocenters. The summed E-state index contributed by atoms with van der Waals surface area (Å²) in [5.41, 5.74) is 0.483. The van der Waals surface area contributed by atoms with Crippen molar-refractivity contribution in [3.05, 3.63) is 22.5 Å². The van der Waals surface area contributed by atoms with Crippen LogP contribution in [0.1, 0.15) is 6.92 Å². The fourth-order valence-corrected chi connectivity index (χ4v) is 3.66. The van der Waals surface area contributed by atoms with E-state index in [1.807, 2.05) is 5.41 Å². The molecule has 1 aliphatic heterocycles. The van der Waals surface area contributed by atoms with E-state index in [2.05, 4.69) is 11.6 Å². The van der Waals surface area contributed by atoms with Gasteiger partial charge in [0, 0.05) is 0 Å². The van der Waals surface area contributed by atoms with Crippen molar-refractivity contribution in [3.63, 3.8) is 0 Å². The van der Waals surface area contributed by atoms with E-state index in [9.17, 15) is 4.79 Å². The van der Waals surface area contributed by atoms with E-state index in [-0.39, 0.29) is 11.4 Å². The van der Waals surface area contributed by atoms with Crippen molar-refractivity contribution in [2.75, 3.05) is 0 Å². The Morgan fingerprint density at radius 2 is 2.58 bits per heavy atom. The van der Waals surface area contributed by atoms with Gasteiger partial charge in [-0.25, -0.2) is 0 Å². The molecule has 0 aliphatic carbocycles. The molecule has 0 radical (unpaired) electrons. The average molecular weight is 249 g/mol. The average Bonchev–Trinajstić information content (AvgIpc) is 2.06. The zero-order valence-electron chi connectivity index (χ0n) is 6.78. The second-order valence-electron chi connectivity index (χ2n) is 2.36. The van der Waals surface area contributed by atoms with Gasteiger partial charge in [-0.15, -0.1) is 0 Å². The van der Waals surface area contributed by atoms with Gasteiger partial charge in [-0.3, -0.25) is 0 Å². The third kappa shape index (κ3) is 3.05. The van der Waals surface area contributed by atoms with Gasteiger partial charge in [0.05, 0.1) is 0 Å². The molecule has 0 bridgehead atoms. The molecule has 0 amide bonds. The zero-order valence-corrected chi connectivity index (χ0v) is 9.31. The summed E-state index contributed by atoms with van der Waals surface area (Å²) < 4.78 is 5.14. The van der Waals surface area contributed by atoms with E-state index in [0.717, 1.165) is 5.32 Å². The first-order valence-corrected chi connectivity index (χ1v) is 6.63. The molecule has 66 valence electrons.